The van der Waals surface area contributed by atoms with Crippen LogP contribution in [0.1, 0.15) is 10.4 Å². The van der Waals surface area contributed by atoms with Gasteiger partial charge in [0.1, 0.15) is 11.2 Å². The van der Waals surface area contributed by atoms with E-state index in [9.17, 15) is 13.6 Å². The van der Waals surface area contributed by atoms with Crippen molar-refractivity contribution in [2.45, 2.75) is 0 Å². The number of aromatic nitrogens is 4. The molecule has 4 rings (SSSR count). The number of nitrogens with one attached hydrogen (secondary N) is 2. The molecular formula is C15H8F2N4O2. The van der Waals surface area contributed by atoms with Crippen LogP contribution in [0.5, 0.6) is 0 Å². The van der Waals surface area contributed by atoms with Gasteiger partial charge in [-0.25, -0.2) is 18.6 Å². The summed E-state index contributed by atoms with van der Waals surface area (Å²) in [6.07, 6.45) is 0. The third-order valence-corrected chi connectivity index (χ3v) is 3.58. The lowest BCUT2D eigenvalue weighted by atomic mass is 10.1. The Kier molecular flexibility index (Phi) is 2.68. The van der Waals surface area contributed by atoms with Crippen molar-refractivity contribution in [3.05, 3.63) is 47.5 Å². The van der Waals surface area contributed by atoms with Gasteiger partial charge in [-0.1, -0.05) is 0 Å². The van der Waals surface area contributed by atoms with E-state index in [1.165, 1.54) is 18.2 Å². The second kappa shape index (κ2) is 4.60. The Hall–Kier alpha value is -3.29. The van der Waals surface area contributed by atoms with Gasteiger partial charge in [-0.3, -0.25) is 5.10 Å². The van der Waals surface area contributed by atoms with E-state index in [0.717, 1.165) is 6.07 Å². The minimum absolute atomic E-state index is 0.113. The summed E-state index contributed by atoms with van der Waals surface area (Å²) in [4.78, 5) is 17.9. The largest absolute Gasteiger partial charge is 0.478 e. The second-order valence-corrected chi connectivity index (χ2v) is 4.98. The van der Waals surface area contributed by atoms with Crippen LogP contribution in [0.25, 0.3) is 33.5 Å². The molecule has 8 heteroatoms. The molecule has 0 radical (unpaired) electrons. The molecule has 0 aliphatic carbocycles. The van der Waals surface area contributed by atoms with Crippen LogP contribution >= 0.6 is 0 Å². The smallest absolute Gasteiger partial charge is 0.335 e. The highest BCUT2D eigenvalue weighted by atomic mass is 19.2. The first-order valence-electron chi connectivity index (χ1n) is 6.60. The number of hydrogen-bond donors (Lipinski definition) is 3. The third kappa shape index (κ3) is 1.95. The molecule has 2 aromatic heterocycles. The summed E-state index contributed by atoms with van der Waals surface area (Å²) in [6.45, 7) is 0. The number of carboxylic acids is 1. The van der Waals surface area contributed by atoms with E-state index < -0.39 is 17.6 Å². The Bertz CT molecular complexity index is 1080. The Balaban J connectivity index is 1.92. The van der Waals surface area contributed by atoms with Crippen molar-refractivity contribution in [1.82, 2.24) is 20.2 Å². The Morgan fingerprint density at radius 2 is 1.96 bits per heavy atom. The second-order valence-electron chi connectivity index (χ2n) is 4.98. The number of nitrogens with zero attached hydrogens (tertiary/aromatic N) is 2. The average Bonchev–Trinajstić information content (AvgIpc) is 3.14. The lowest BCUT2D eigenvalue weighted by Gasteiger charge is -1.95. The van der Waals surface area contributed by atoms with Gasteiger partial charge in [0.2, 0.25) is 0 Å². The fourth-order valence-electron chi connectivity index (χ4n) is 2.46. The molecular weight excluding hydrogens is 306 g/mol. The van der Waals surface area contributed by atoms with E-state index in [1.807, 2.05) is 0 Å². The van der Waals surface area contributed by atoms with Gasteiger partial charge in [0.25, 0.3) is 0 Å². The quantitative estimate of drug-likeness (QED) is 0.530. The first-order valence-corrected chi connectivity index (χ1v) is 6.60. The normalized spacial score (nSPS) is 11.4. The SMILES string of the molecule is O=C(O)c1ccc2c(-c3nc4c(F)c(F)ccc4[nH]3)n[nH]c2c1. The number of benzene rings is 2. The maximum absolute atomic E-state index is 13.8. The van der Waals surface area contributed by atoms with Crippen molar-refractivity contribution in [3.63, 3.8) is 0 Å². The molecule has 3 N–H and O–H groups in total. The molecule has 0 spiro atoms. The summed E-state index contributed by atoms with van der Waals surface area (Å²) >= 11 is 0. The van der Waals surface area contributed by atoms with E-state index in [1.54, 1.807) is 6.07 Å². The molecule has 0 aliphatic rings. The molecule has 114 valence electrons. The zero-order valence-electron chi connectivity index (χ0n) is 11.4. The summed E-state index contributed by atoms with van der Waals surface area (Å²) in [7, 11) is 0. The van der Waals surface area contributed by atoms with Crippen molar-refractivity contribution in [1.29, 1.82) is 0 Å². The van der Waals surface area contributed by atoms with Crippen LogP contribution in [-0.4, -0.2) is 31.2 Å². The van der Waals surface area contributed by atoms with E-state index in [4.69, 9.17) is 5.11 Å². The number of rotatable bonds is 2. The lowest BCUT2D eigenvalue weighted by Crippen LogP contribution is -1.94. The number of carbonyl (C=O) groups is 1. The number of aromatic carboxylic acids is 1. The highest BCUT2D eigenvalue weighted by molar-refractivity contribution is 5.98. The molecule has 0 amide bonds. The molecule has 6 nitrogen and oxygen atoms in total. The maximum atomic E-state index is 13.8. The Labute approximate surface area is 126 Å². The van der Waals surface area contributed by atoms with Crippen molar-refractivity contribution in [2.75, 3.05) is 0 Å². The van der Waals surface area contributed by atoms with E-state index >= 15 is 0 Å². The van der Waals surface area contributed by atoms with E-state index in [0.29, 0.717) is 22.1 Å². The topological polar surface area (TPSA) is 94.7 Å². The first kappa shape index (κ1) is 13.4. The number of imidazole rings is 1. The van der Waals surface area contributed by atoms with Gasteiger partial charge in [-0.2, -0.15) is 5.10 Å². The van der Waals surface area contributed by atoms with Gasteiger partial charge in [0.05, 0.1) is 16.6 Å². The molecule has 0 aliphatic heterocycles. The van der Waals surface area contributed by atoms with Gasteiger partial charge >= 0.3 is 5.97 Å². The monoisotopic (exact) mass is 314 g/mol. The molecule has 0 fully saturated rings. The number of H-pyrrole nitrogens is 2. The highest BCUT2D eigenvalue weighted by Crippen LogP contribution is 2.28. The predicted molar refractivity (Wildman–Crippen MR) is 78.1 cm³/mol. The van der Waals surface area contributed by atoms with Crippen LogP contribution in [0.15, 0.2) is 30.3 Å². The summed E-state index contributed by atoms with van der Waals surface area (Å²) in [5, 5.41) is 16.4. The fourth-order valence-corrected chi connectivity index (χ4v) is 2.46. The highest BCUT2D eigenvalue weighted by Gasteiger charge is 2.17. The van der Waals surface area contributed by atoms with Crippen LogP contribution < -0.4 is 0 Å². The number of carboxylic acid groups (broad SMARTS) is 1. The fraction of sp³-hybridized carbons (Fsp3) is 0. The molecule has 0 saturated heterocycles. The van der Waals surface area contributed by atoms with Gasteiger partial charge < -0.3 is 10.1 Å². The van der Waals surface area contributed by atoms with Gasteiger partial charge in [0.15, 0.2) is 17.5 Å². The predicted octanol–water partition coefficient (Wildman–Crippen LogP) is 3.08. The van der Waals surface area contributed by atoms with Crippen LogP contribution in [0, 0.1) is 11.6 Å². The lowest BCUT2D eigenvalue weighted by molar-refractivity contribution is 0.0697. The summed E-state index contributed by atoms with van der Waals surface area (Å²) in [5.74, 6) is -2.80. The van der Waals surface area contributed by atoms with Gasteiger partial charge in [-0.05, 0) is 30.3 Å². The minimum Gasteiger partial charge on any atom is -0.478 e. The minimum atomic E-state index is -1.05. The van der Waals surface area contributed by atoms with Crippen LogP contribution in [0.2, 0.25) is 0 Å². The molecule has 0 atom stereocenters. The van der Waals surface area contributed by atoms with Crippen LogP contribution in [0.4, 0.5) is 8.78 Å². The van der Waals surface area contributed by atoms with Crippen molar-refractivity contribution in [2.24, 2.45) is 0 Å². The Morgan fingerprint density at radius 3 is 2.74 bits per heavy atom. The molecule has 2 heterocycles. The van der Waals surface area contributed by atoms with Crippen molar-refractivity contribution >= 4 is 27.9 Å². The average molecular weight is 314 g/mol. The van der Waals surface area contributed by atoms with Gasteiger partial charge in [0, 0.05) is 5.39 Å². The molecule has 2 aromatic carbocycles. The van der Waals surface area contributed by atoms with Crippen LogP contribution in [-0.2, 0) is 0 Å². The number of fused-ring (bicyclic) bond motifs is 2. The van der Waals surface area contributed by atoms with Crippen LogP contribution in [0.3, 0.4) is 0 Å². The first-order chi connectivity index (χ1) is 11.0. The van der Waals surface area contributed by atoms with Gasteiger partial charge in [-0.15, -0.1) is 0 Å². The third-order valence-electron chi connectivity index (χ3n) is 3.58. The molecule has 4 aromatic rings. The van der Waals surface area contributed by atoms with Crippen molar-refractivity contribution in [3.8, 4) is 11.5 Å². The zero-order chi connectivity index (χ0) is 16.1. The molecule has 0 bridgehead atoms. The number of aromatic amines is 2. The summed E-state index contributed by atoms with van der Waals surface area (Å²) in [6, 6.07) is 6.87. The Morgan fingerprint density at radius 1 is 1.13 bits per heavy atom. The number of halogens is 2. The van der Waals surface area contributed by atoms with E-state index in [2.05, 4.69) is 20.2 Å². The standard InChI is InChI=1S/C15H8F2N4O2/c16-8-3-4-9-13(11(8)17)19-14(18-9)12-7-2-1-6(15(22)23)5-10(7)20-21-12/h1-5H,(H,18,19)(H,20,21)(H,22,23). The number of hydrogen-bond acceptors (Lipinski definition) is 3. The summed E-state index contributed by atoms with van der Waals surface area (Å²) in [5.41, 5.74) is 1.25. The van der Waals surface area contributed by atoms with E-state index in [-0.39, 0.29) is 16.9 Å². The zero-order valence-corrected chi connectivity index (χ0v) is 11.4. The molecule has 0 unspecified atom stereocenters. The molecule has 23 heavy (non-hydrogen) atoms. The maximum Gasteiger partial charge on any atom is 0.335 e. The van der Waals surface area contributed by atoms with Crippen molar-refractivity contribution < 1.29 is 18.7 Å². The molecule has 0 saturated carbocycles. The summed E-state index contributed by atoms with van der Waals surface area (Å²) < 4.78 is 27.0.